The Morgan fingerprint density at radius 3 is 2.52 bits per heavy atom. The monoisotopic (exact) mass is 367 g/mol. The van der Waals surface area contributed by atoms with Gasteiger partial charge in [-0.3, -0.25) is 4.79 Å². The first-order valence-corrected chi connectivity index (χ1v) is 10.4. The molecule has 2 aliphatic heterocycles. The molecule has 25 heavy (non-hydrogen) atoms. The topological polar surface area (TPSA) is 92.9 Å². The van der Waals surface area contributed by atoms with Gasteiger partial charge in [-0.05, 0) is 37.6 Å². The van der Waals surface area contributed by atoms with Crippen molar-refractivity contribution in [2.24, 2.45) is 5.73 Å². The number of hydrogen-bond acceptors (Lipinski definition) is 6. The molecular formula is C17H25N3O4S. The number of sulfone groups is 1. The number of amides is 1. The van der Waals surface area contributed by atoms with Crippen LogP contribution in [0.25, 0.3) is 0 Å². The molecule has 0 saturated carbocycles. The van der Waals surface area contributed by atoms with Gasteiger partial charge in [-0.25, -0.2) is 8.42 Å². The third-order valence-electron chi connectivity index (χ3n) is 4.81. The van der Waals surface area contributed by atoms with Crippen LogP contribution in [0.5, 0.6) is 5.75 Å². The number of rotatable bonds is 7. The minimum Gasteiger partial charge on any atom is -0.494 e. The molecule has 8 heteroatoms. The highest BCUT2D eigenvalue weighted by atomic mass is 32.2. The van der Waals surface area contributed by atoms with Gasteiger partial charge < -0.3 is 20.3 Å². The number of nitrogens with zero attached hydrogens (tertiary/aromatic N) is 2. The first kappa shape index (κ1) is 18.0. The molecule has 0 aromatic heterocycles. The van der Waals surface area contributed by atoms with Gasteiger partial charge in [0.25, 0.3) is 0 Å². The van der Waals surface area contributed by atoms with Crippen LogP contribution < -0.4 is 15.4 Å². The number of carbonyl (C=O) groups is 1. The van der Waals surface area contributed by atoms with Gasteiger partial charge in [0.15, 0.2) is 9.84 Å². The molecule has 1 aromatic rings. The van der Waals surface area contributed by atoms with Crippen molar-refractivity contribution in [3.8, 4) is 5.75 Å². The molecule has 2 aliphatic rings. The summed E-state index contributed by atoms with van der Waals surface area (Å²) in [6.45, 7) is 3.95. The third kappa shape index (κ3) is 3.90. The van der Waals surface area contributed by atoms with Crippen LogP contribution in [0.2, 0.25) is 0 Å². The van der Waals surface area contributed by atoms with E-state index in [1.54, 1.807) is 4.90 Å². The van der Waals surface area contributed by atoms with Crippen LogP contribution in [-0.4, -0.2) is 69.1 Å². The summed E-state index contributed by atoms with van der Waals surface area (Å²) in [5, 5.41) is 0. The van der Waals surface area contributed by atoms with Crippen LogP contribution in [0.4, 0.5) is 5.69 Å². The average Bonchev–Trinajstić information content (AvgIpc) is 3.16. The van der Waals surface area contributed by atoms with Crippen LogP contribution >= 0.6 is 0 Å². The van der Waals surface area contributed by atoms with Crippen molar-refractivity contribution in [1.82, 2.24) is 4.90 Å². The number of anilines is 1. The summed E-state index contributed by atoms with van der Waals surface area (Å²) in [6, 6.07) is 8.29. The zero-order chi connectivity index (χ0) is 18.0. The molecule has 0 aliphatic carbocycles. The Balaban J connectivity index is 1.61. The predicted octanol–water partition coefficient (Wildman–Crippen LogP) is 0.248. The Bertz CT molecular complexity index is 720. The molecule has 0 radical (unpaired) electrons. The number of likely N-dealkylation sites (tertiary alicyclic amines) is 1. The molecule has 7 nitrogen and oxygen atoms in total. The molecule has 2 fully saturated rings. The first-order valence-electron chi connectivity index (χ1n) is 8.63. The maximum absolute atomic E-state index is 12.4. The summed E-state index contributed by atoms with van der Waals surface area (Å²) in [7, 11) is -3.40. The van der Waals surface area contributed by atoms with Gasteiger partial charge in [0.05, 0.1) is 18.4 Å². The van der Waals surface area contributed by atoms with Crippen LogP contribution in [0, 0.1) is 0 Å². The summed E-state index contributed by atoms with van der Waals surface area (Å²) in [5.74, 6) is -0.0278. The molecular weight excluding hydrogens is 342 g/mol. The van der Waals surface area contributed by atoms with E-state index in [0.29, 0.717) is 13.2 Å². The van der Waals surface area contributed by atoms with Gasteiger partial charge in [-0.1, -0.05) is 0 Å². The SMILES string of the molecule is CCOc1ccc(N2CC3C[C@H]2CN3C(=O)CS(=O)(=O)CCN)cc1. The Hall–Kier alpha value is -1.80. The molecule has 2 N–H and O–H groups in total. The van der Waals surface area contributed by atoms with E-state index >= 15 is 0 Å². The third-order valence-corrected chi connectivity index (χ3v) is 6.36. The number of fused-ring (bicyclic) bond motifs is 2. The Morgan fingerprint density at radius 1 is 1.24 bits per heavy atom. The van der Waals surface area contributed by atoms with E-state index in [0.717, 1.165) is 24.4 Å². The van der Waals surface area contributed by atoms with Crippen molar-refractivity contribution in [2.75, 3.05) is 42.6 Å². The minimum atomic E-state index is -3.40. The number of benzene rings is 1. The summed E-state index contributed by atoms with van der Waals surface area (Å²) in [6.07, 6.45) is 0.885. The Labute approximate surface area is 148 Å². The van der Waals surface area contributed by atoms with Crippen LogP contribution in [0.3, 0.4) is 0 Å². The lowest BCUT2D eigenvalue weighted by molar-refractivity contribution is -0.129. The van der Waals surface area contributed by atoms with E-state index in [-0.39, 0.29) is 30.3 Å². The Kier molecular flexibility index (Phi) is 5.19. The van der Waals surface area contributed by atoms with Crippen LogP contribution in [-0.2, 0) is 14.6 Å². The molecule has 2 heterocycles. The zero-order valence-electron chi connectivity index (χ0n) is 14.4. The molecule has 2 bridgehead atoms. The maximum Gasteiger partial charge on any atom is 0.238 e. The maximum atomic E-state index is 12.4. The quantitative estimate of drug-likeness (QED) is 0.743. The number of hydrogen-bond donors (Lipinski definition) is 1. The summed E-state index contributed by atoms with van der Waals surface area (Å²) < 4.78 is 29.1. The lowest BCUT2D eigenvalue weighted by atomic mass is 10.2. The highest BCUT2D eigenvalue weighted by Crippen LogP contribution is 2.35. The van der Waals surface area contributed by atoms with Crippen molar-refractivity contribution in [3.05, 3.63) is 24.3 Å². The lowest BCUT2D eigenvalue weighted by Crippen LogP contribution is -2.50. The van der Waals surface area contributed by atoms with Gasteiger partial charge in [0, 0.05) is 31.4 Å². The van der Waals surface area contributed by atoms with Gasteiger partial charge in [-0.15, -0.1) is 0 Å². The van der Waals surface area contributed by atoms with Gasteiger partial charge in [-0.2, -0.15) is 0 Å². The second-order valence-electron chi connectivity index (χ2n) is 6.55. The largest absolute Gasteiger partial charge is 0.494 e. The van der Waals surface area contributed by atoms with Crippen LogP contribution in [0.15, 0.2) is 24.3 Å². The smallest absolute Gasteiger partial charge is 0.238 e. The standard InChI is InChI=1S/C17H25N3O4S/c1-2-24-16-5-3-13(4-6-16)19-10-15-9-14(19)11-20(15)17(21)12-25(22,23)8-7-18/h3-6,14-15H,2,7-12,18H2,1H3/t14-,15?/m0/s1. The van der Waals surface area contributed by atoms with E-state index < -0.39 is 15.6 Å². The molecule has 1 amide bonds. The fourth-order valence-corrected chi connectivity index (χ4v) is 4.76. The van der Waals surface area contributed by atoms with Crippen molar-refractivity contribution >= 4 is 21.4 Å². The van der Waals surface area contributed by atoms with E-state index in [1.165, 1.54) is 0 Å². The van der Waals surface area contributed by atoms with Crippen molar-refractivity contribution < 1.29 is 17.9 Å². The fraction of sp³-hybridized carbons (Fsp3) is 0.588. The normalized spacial score (nSPS) is 22.5. The van der Waals surface area contributed by atoms with Gasteiger partial charge >= 0.3 is 0 Å². The van der Waals surface area contributed by atoms with Crippen molar-refractivity contribution in [1.29, 1.82) is 0 Å². The summed E-state index contributed by atoms with van der Waals surface area (Å²) >= 11 is 0. The molecule has 0 spiro atoms. The predicted molar refractivity (Wildman–Crippen MR) is 96.6 cm³/mol. The fourth-order valence-electron chi connectivity index (χ4n) is 3.71. The van der Waals surface area contributed by atoms with E-state index in [1.807, 2.05) is 31.2 Å². The second-order valence-corrected chi connectivity index (χ2v) is 8.73. The zero-order valence-corrected chi connectivity index (χ0v) is 15.2. The lowest BCUT2D eigenvalue weighted by Gasteiger charge is -2.35. The molecule has 1 aromatic carbocycles. The van der Waals surface area contributed by atoms with Crippen LogP contribution in [0.1, 0.15) is 13.3 Å². The minimum absolute atomic E-state index is 0.0488. The number of piperazine rings is 1. The molecule has 3 rings (SSSR count). The van der Waals surface area contributed by atoms with Gasteiger partial charge in [0.2, 0.25) is 5.91 Å². The van der Waals surface area contributed by atoms with Crippen molar-refractivity contribution in [2.45, 2.75) is 25.4 Å². The average molecular weight is 367 g/mol. The summed E-state index contributed by atoms with van der Waals surface area (Å²) in [5.41, 5.74) is 6.41. The summed E-state index contributed by atoms with van der Waals surface area (Å²) in [4.78, 5) is 16.4. The number of ether oxygens (including phenoxy) is 1. The van der Waals surface area contributed by atoms with E-state index in [2.05, 4.69) is 4.90 Å². The molecule has 138 valence electrons. The molecule has 2 saturated heterocycles. The van der Waals surface area contributed by atoms with Gasteiger partial charge in [0.1, 0.15) is 11.5 Å². The highest BCUT2D eigenvalue weighted by Gasteiger charge is 2.45. The van der Waals surface area contributed by atoms with E-state index in [9.17, 15) is 13.2 Å². The molecule has 1 unspecified atom stereocenters. The highest BCUT2D eigenvalue weighted by molar-refractivity contribution is 7.92. The second kappa shape index (κ2) is 7.21. The number of carbonyl (C=O) groups excluding carboxylic acids is 1. The Morgan fingerprint density at radius 2 is 1.96 bits per heavy atom. The van der Waals surface area contributed by atoms with E-state index in [4.69, 9.17) is 10.5 Å². The van der Waals surface area contributed by atoms with Crippen molar-refractivity contribution in [3.63, 3.8) is 0 Å². The first-order chi connectivity index (χ1) is 11.9. The number of nitrogens with two attached hydrogens (primary N) is 1. The molecule has 2 atom stereocenters.